The second-order valence-corrected chi connectivity index (χ2v) is 2.81. The van der Waals surface area contributed by atoms with Crippen LogP contribution >= 0.6 is 0 Å². The van der Waals surface area contributed by atoms with Crippen molar-refractivity contribution >= 4 is 0 Å². The molecule has 0 aliphatic heterocycles. The molecule has 56 valence electrons. The number of hydrogen-bond donors (Lipinski definition) is 0. The monoisotopic (exact) mass is 148 g/mol. The average Bonchev–Trinajstić information content (AvgIpc) is 2.04. The van der Waals surface area contributed by atoms with E-state index in [0.29, 0.717) is 6.42 Å². The van der Waals surface area contributed by atoms with Gasteiger partial charge >= 0.3 is 0 Å². The lowest BCUT2D eigenvalue weighted by Gasteiger charge is -2.17. The van der Waals surface area contributed by atoms with Gasteiger partial charge in [-0.2, -0.15) is 0 Å². The molecule has 2 radical (unpaired) electrons. The highest BCUT2D eigenvalue weighted by molar-refractivity contribution is 5.36. The van der Waals surface area contributed by atoms with E-state index in [2.05, 4.69) is 6.42 Å². The smallest absolute Gasteiger partial charge is 0.112 e. The Morgan fingerprint density at radius 3 is 3.09 bits per heavy atom. The highest BCUT2D eigenvalue weighted by Crippen LogP contribution is 2.24. The summed E-state index contributed by atoms with van der Waals surface area (Å²) in [6, 6.07) is 7.86. The van der Waals surface area contributed by atoms with Crippen LogP contribution in [0.5, 0.6) is 0 Å². The first kappa shape index (κ1) is 6.84. The molecule has 1 aliphatic rings. The van der Waals surface area contributed by atoms with Crippen LogP contribution in [0.3, 0.4) is 0 Å². The number of alkyl halides is 1. The fraction of sp³-hybridized carbons (Fsp3) is 0.300. The van der Waals surface area contributed by atoms with Crippen LogP contribution in [0.4, 0.5) is 4.39 Å². The van der Waals surface area contributed by atoms with Crippen LogP contribution in [0.2, 0.25) is 0 Å². The Morgan fingerprint density at radius 1 is 1.36 bits per heavy atom. The topological polar surface area (TPSA) is 0 Å². The third-order valence-corrected chi connectivity index (χ3v) is 2.00. The summed E-state index contributed by atoms with van der Waals surface area (Å²) in [6.45, 7) is 0. The van der Waals surface area contributed by atoms with Crippen molar-refractivity contribution in [2.24, 2.45) is 0 Å². The minimum atomic E-state index is -0.857. The van der Waals surface area contributed by atoms with E-state index in [0.717, 1.165) is 12.0 Å². The molecule has 11 heavy (non-hydrogen) atoms. The van der Waals surface area contributed by atoms with Crippen LogP contribution in [-0.4, -0.2) is 6.17 Å². The van der Waals surface area contributed by atoms with Gasteiger partial charge in [-0.25, -0.2) is 4.39 Å². The lowest BCUT2D eigenvalue weighted by atomic mass is 9.91. The molecular formula is C10H9F. The van der Waals surface area contributed by atoms with Gasteiger partial charge in [0.15, 0.2) is 0 Å². The second kappa shape index (κ2) is 2.65. The normalized spacial score (nSPS) is 22.8. The SMILES string of the molecule is FC1[C]c2ccccc2CC1. The van der Waals surface area contributed by atoms with E-state index in [1.165, 1.54) is 5.56 Å². The van der Waals surface area contributed by atoms with Gasteiger partial charge in [0.05, 0.1) is 6.42 Å². The number of fused-ring (bicyclic) bond motifs is 1. The molecular weight excluding hydrogens is 139 g/mol. The van der Waals surface area contributed by atoms with Crippen molar-refractivity contribution in [2.45, 2.75) is 19.0 Å². The molecule has 2 rings (SSSR count). The molecule has 0 nitrogen and oxygen atoms in total. The van der Waals surface area contributed by atoms with Gasteiger partial charge in [0.1, 0.15) is 6.17 Å². The maximum atomic E-state index is 12.8. The standard InChI is InChI=1S/C10H9F/c11-10-6-5-8-3-1-2-4-9(8)7-10/h1-4,10H,5-6H2. The molecule has 1 aromatic carbocycles. The van der Waals surface area contributed by atoms with Crippen molar-refractivity contribution in [2.75, 3.05) is 0 Å². The van der Waals surface area contributed by atoms with Gasteiger partial charge in [-0.15, -0.1) is 0 Å². The van der Waals surface area contributed by atoms with Crippen molar-refractivity contribution in [3.05, 3.63) is 41.8 Å². The van der Waals surface area contributed by atoms with E-state index < -0.39 is 6.17 Å². The maximum Gasteiger partial charge on any atom is 0.112 e. The van der Waals surface area contributed by atoms with E-state index in [1.807, 2.05) is 24.3 Å². The van der Waals surface area contributed by atoms with Crippen LogP contribution in [-0.2, 0) is 6.42 Å². The Kier molecular flexibility index (Phi) is 1.65. The van der Waals surface area contributed by atoms with E-state index in [1.54, 1.807) is 0 Å². The molecule has 0 spiro atoms. The third-order valence-electron chi connectivity index (χ3n) is 2.00. The summed E-state index contributed by atoms with van der Waals surface area (Å²) in [5, 5.41) is 0. The predicted octanol–water partition coefficient (Wildman–Crippen LogP) is 2.40. The Labute approximate surface area is 66.1 Å². The summed E-state index contributed by atoms with van der Waals surface area (Å²) in [7, 11) is 0. The second-order valence-electron chi connectivity index (χ2n) is 2.81. The zero-order valence-corrected chi connectivity index (χ0v) is 6.18. The van der Waals surface area contributed by atoms with Gasteiger partial charge in [-0.3, -0.25) is 0 Å². The molecule has 0 saturated carbocycles. The summed E-state index contributed by atoms with van der Waals surface area (Å²) in [6.07, 6.45) is 3.38. The first-order chi connectivity index (χ1) is 5.36. The van der Waals surface area contributed by atoms with Gasteiger partial charge in [0, 0.05) is 0 Å². The molecule has 0 aromatic heterocycles. The minimum absolute atomic E-state index is 0.594. The van der Waals surface area contributed by atoms with Crippen molar-refractivity contribution in [3.63, 3.8) is 0 Å². The lowest BCUT2D eigenvalue weighted by molar-refractivity contribution is 0.352. The zero-order chi connectivity index (χ0) is 7.68. The molecule has 1 heteroatoms. The molecule has 0 heterocycles. The Bertz CT molecular complexity index is 255. The summed E-state index contributed by atoms with van der Waals surface area (Å²) in [5.74, 6) is 0. The summed E-state index contributed by atoms with van der Waals surface area (Å²) >= 11 is 0. The molecule has 0 bridgehead atoms. The number of benzene rings is 1. The first-order valence-corrected chi connectivity index (χ1v) is 3.85. The van der Waals surface area contributed by atoms with Gasteiger partial charge < -0.3 is 0 Å². The van der Waals surface area contributed by atoms with Gasteiger partial charge in [-0.1, -0.05) is 24.3 Å². The Hall–Kier alpha value is -0.850. The molecule has 1 aromatic rings. The first-order valence-electron chi connectivity index (χ1n) is 3.85. The van der Waals surface area contributed by atoms with Crippen LogP contribution in [0.25, 0.3) is 0 Å². The Morgan fingerprint density at radius 2 is 2.18 bits per heavy atom. The van der Waals surface area contributed by atoms with Gasteiger partial charge in [-0.05, 0) is 24.0 Å². The predicted molar refractivity (Wildman–Crippen MR) is 42.0 cm³/mol. The Balaban J connectivity index is 2.34. The highest BCUT2D eigenvalue weighted by Gasteiger charge is 2.17. The van der Waals surface area contributed by atoms with Crippen molar-refractivity contribution in [1.29, 1.82) is 0 Å². The van der Waals surface area contributed by atoms with Gasteiger partial charge in [0.25, 0.3) is 0 Å². The van der Waals surface area contributed by atoms with E-state index >= 15 is 0 Å². The third kappa shape index (κ3) is 1.28. The number of rotatable bonds is 0. The van der Waals surface area contributed by atoms with Crippen molar-refractivity contribution in [3.8, 4) is 0 Å². The molecule has 0 saturated heterocycles. The van der Waals surface area contributed by atoms with Crippen LogP contribution < -0.4 is 0 Å². The van der Waals surface area contributed by atoms with Crippen LogP contribution in [0.1, 0.15) is 17.5 Å². The lowest BCUT2D eigenvalue weighted by Crippen LogP contribution is -2.11. The molecule has 0 N–H and O–H groups in total. The van der Waals surface area contributed by atoms with Gasteiger partial charge in [0.2, 0.25) is 0 Å². The molecule has 1 aliphatic carbocycles. The van der Waals surface area contributed by atoms with E-state index in [4.69, 9.17) is 0 Å². The maximum absolute atomic E-state index is 12.8. The summed E-state index contributed by atoms with van der Waals surface area (Å²) in [5.41, 5.74) is 2.17. The largest absolute Gasteiger partial charge is 0.246 e. The van der Waals surface area contributed by atoms with E-state index in [-0.39, 0.29) is 0 Å². The molecule has 0 fully saturated rings. The quantitative estimate of drug-likeness (QED) is 0.530. The fourth-order valence-corrected chi connectivity index (χ4v) is 1.40. The number of aryl methyl sites for hydroxylation is 1. The van der Waals surface area contributed by atoms with Crippen LogP contribution in [0, 0.1) is 6.42 Å². The molecule has 1 atom stereocenters. The van der Waals surface area contributed by atoms with Crippen molar-refractivity contribution in [1.82, 2.24) is 0 Å². The zero-order valence-electron chi connectivity index (χ0n) is 6.18. The van der Waals surface area contributed by atoms with E-state index in [9.17, 15) is 4.39 Å². The molecule has 0 amide bonds. The van der Waals surface area contributed by atoms with Crippen molar-refractivity contribution < 1.29 is 4.39 Å². The number of hydrogen-bond acceptors (Lipinski definition) is 0. The highest BCUT2D eigenvalue weighted by atomic mass is 19.1. The molecule has 1 unspecified atom stereocenters. The average molecular weight is 148 g/mol. The summed E-state index contributed by atoms with van der Waals surface area (Å²) in [4.78, 5) is 0. The fourth-order valence-electron chi connectivity index (χ4n) is 1.40. The summed E-state index contributed by atoms with van der Waals surface area (Å²) < 4.78 is 12.8. The number of halogens is 1. The minimum Gasteiger partial charge on any atom is -0.246 e. The van der Waals surface area contributed by atoms with Crippen LogP contribution in [0.15, 0.2) is 24.3 Å².